The van der Waals surface area contributed by atoms with Crippen LogP contribution in [0, 0.1) is 6.92 Å². The summed E-state index contributed by atoms with van der Waals surface area (Å²) in [6, 6.07) is 11.0. The summed E-state index contributed by atoms with van der Waals surface area (Å²) in [6.45, 7) is 0.761. The van der Waals surface area contributed by atoms with E-state index in [2.05, 4.69) is 31.3 Å². The number of amides is 2. The molecule has 0 spiro atoms. The molecule has 0 heterocycles. The molecule has 0 radical (unpaired) electrons. The van der Waals surface area contributed by atoms with Crippen LogP contribution < -0.4 is 15.4 Å². The molecule has 2 N–H and O–H groups in total. The molecule has 0 aliphatic heterocycles. The van der Waals surface area contributed by atoms with Crippen molar-refractivity contribution in [2.75, 3.05) is 5.32 Å². The number of nitrogens with one attached hydrogen (secondary N) is 2. The van der Waals surface area contributed by atoms with E-state index in [0.717, 1.165) is 10.0 Å². The summed E-state index contributed by atoms with van der Waals surface area (Å²) in [4.78, 5) is 12.1. The average Bonchev–Trinajstić information content (AvgIpc) is 2.49. The molecule has 128 valence electrons. The predicted octanol–water partition coefficient (Wildman–Crippen LogP) is 5.24. The molecule has 0 aromatic heterocycles. The molecule has 0 aliphatic rings. The number of rotatable bonds is 5. The summed E-state index contributed by atoms with van der Waals surface area (Å²) in [6.07, 6.45) is 0. The van der Waals surface area contributed by atoms with Gasteiger partial charge in [0, 0.05) is 10.2 Å². The van der Waals surface area contributed by atoms with E-state index < -0.39 is 6.61 Å². The molecule has 0 aliphatic carbocycles. The number of alkyl halides is 2. The fourth-order valence-corrected chi connectivity index (χ4v) is 2.64. The van der Waals surface area contributed by atoms with Crippen LogP contribution in [-0.2, 0) is 0 Å². The third-order valence-corrected chi connectivity index (χ3v) is 3.86. The van der Waals surface area contributed by atoms with E-state index in [1.54, 1.807) is 25.1 Å². The monoisotopic (exact) mass is 398 g/mol. The van der Waals surface area contributed by atoms with Crippen molar-refractivity contribution >= 4 is 27.6 Å². The van der Waals surface area contributed by atoms with E-state index in [4.69, 9.17) is 0 Å². The molecule has 2 aromatic carbocycles. The summed E-state index contributed by atoms with van der Waals surface area (Å²) < 4.78 is 29.8. The van der Waals surface area contributed by atoms with Gasteiger partial charge in [0.2, 0.25) is 0 Å². The number of urea groups is 1. The van der Waals surface area contributed by atoms with Gasteiger partial charge >= 0.3 is 12.6 Å². The second-order valence-electron chi connectivity index (χ2n) is 5.23. The smallest absolute Gasteiger partial charge is 0.387 e. The van der Waals surface area contributed by atoms with Gasteiger partial charge in [0.1, 0.15) is 5.75 Å². The molecule has 0 bridgehead atoms. The molecule has 4 nitrogen and oxygen atoms in total. The highest BCUT2D eigenvalue weighted by Gasteiger charge is 2.12. The quantitative estimate of drug-likeness (QED) is 0.723. The minimum Gasteiger partial charge on any atom is -0.435 e. The topological polar surface area (TPSA) is 50.4 Å². The van der Waals surface area contributed by atoms with Crippen LogP contribution in [0.25, 0.3) is 0 Å². The largest absolute Gasteiger partial charge is 0.435 e. The van der Waals surface area contributed by atoms with Crippen molar-refractivity contribution in [1.29, 1.82) is 0 Å². The first-order valence-electron chi connectivity index (χ1n) is 7.23. The number of benzene rings is 2. The van der Waals surface area contributed by atoms with Crippen molar-refractivity contribution in [3.8, 4) is 5.75 Å². The molecule has 2 rings (SSSR count). The van der Waals surface area contributed by atoms with Crippen LogP contribution in [0.15, 0.2) is 46.9 Å². The lowest BCUT2D eigenvalue weighted by molar-refractivity contribution is -0.0499. The first-order chi connectivity index (χ1) is 11.3. The molecule has 0 saturated carbocycles. The van der Waals surface area contributed by atoms with Crippen molar-refractivity contribution in [2.24, 2.45) is 0 Å². The molecule has 2 amide bonds. The molecule has 7 heteroatoms. The van der Waals surface area contributed by atoms with E-state index >= 15 is 0 Å². The van der Waals surface area contributed by atoms with Gasteiger partial charge in [-0.2, -0.15) is 8.78 Å². The van der Waals surface area contributed by atoms with Crippen molar-refractivity contribution in [3.63, 3.8) is 0 Å². The third kappa shape index (κ3) is 5.19. The van der Waals surface area contributed by atoms with Crippen molar-refractivity contribution in [2.45, 2.75) is 26.5 Å². The lowest BCUT2D eigenvalue weighted by Crippen LogP contribution is -2.31. The van der Waals surface area contributed by atoms with E-state index in [1.165, 1.54) is 12.1 Å². The number of carbonyl (C=O) groups is 1. The van der Waals surface area contributed by atoms with Gasteiger partial charge in [-0.15, -0.1) is 0 Å². The summed E-state index contributed by atoms with van der Waals surface area (Å²) in [5, 5.41) is 5.52. The summed E-state index contributed by atoms with van der Waals surface area (Å²) >= 11 is 3.36. The normalized spacial score (nSPS) is 11.9. The molecule has 1 atom stereocenters. The fourth-order valence-electron chi connectivity index (χ4n) is 2.17. The number of carbonyl (C=O) groups excluding carboxylic acids is 1. The van der Waals surface area contributed by atoms with E-state index in [1.807, 2.05) is 19.1 Å². The van der Waals surface area contributed by atoms with Crippen LogP contribution in [0.4, 0.5) is 19.3 Å². The Morgan fingerprint density at radius 3 is 2.62 bits per heavy atom. The van der Waals surface area contributed by atoms with Gasteiger partial charge in [-0.3, -0.25) is 0 Å². The first kappa shape index (κ1) is 18.2. The maximum Gasteiger partial charge on any atom is 0.387 e. The highest BCUT2D eigenvalue weighted by atomic mass is 79.9. The average molecular weight is 399 g/mol. The number of halogens is 3. The maximum atomic E-state index is 12.3. The van der Waals surface area contributed by atoms with Gasteiger partial charge in [0.15, 0.2) is 0 Å². The first-order valence-corrected chi connectivity index (χ1v) is 8.03. The van der Waals surface area contributed by atoms with E-state index in [-0.39, 0.29) is 17.8 Å². The van der Waals surface area contributed by atoms with E-state index in [0.29, 0.717) is 11.3 Å². The zero-order valence-electron chi connectivity index (χ0n) is 13.1. The fraction of sp³-hybridized carbons (Fsp3) is 0.235. The minimum atomic E-state index is -2.88. The van der Waals surface area contributed by atoms with Crippen LogP contribution in [0.1, 0.15) is 24.1 Å². The van der Waals surface area contributed by atoms with Gasteiger partial charge in [0.25, 0.3) is 0 Å². The van der Waals surface area contributed by atoms with Gasteiger partial charge in [-0.1, -0.05) is 28.1 Å². The molecular formula is C17H17BrF2N2O2. The maximum absolute atomic E-state index is 12.3. The zero-order chi connectivity index (χ0) is 17.7. The van der Waals surface area contributed by atoms with Gasteiger partial charge in [0.05, 0.1) is 6.04 Å². The third-order valence-electron chi connectivity index (χ3n) is 3.37. The second kappa shape index (κ2) is 8.10. The summed E-state index contributed by atoms with van der Waals surface area (Å²) in [5.74, 6) is 0.0558. The Kier molecular flexibility index (Phi) is 6.14. The Morgan fingerprint density at radius 1 is 1.21 bits per heavy atom. The Morgan fingerprint density at radius 2 is 1.96 bits per heavy atom. The number of ether oxygens (including phenoxy) is 1. The number of hydrogen-bond acceptors (Lipinski definition) is 2. The molecule has 1 unspecified atom stereocenters. The summed E-state index contributed by atoms with van der Waals surface area (Å²) in [5.41, 5.74) is 2.27. The molecule has 0 saturated heterocycles. The lowest BCUT2D eigenvalue weighted by Gasteiger charge is -2.17. The van der Waals surface area contributed by atoms with Gasteiger partial charge in [-0.05, 0) is 55.3 Å². The van der Waals surface area contributed by atoms with Gasteiger partial charge < -0.3 is 15.4 Å². The number of aryl methyl sites for hydroxylation is 1. The Hall–Kier alpha value is -2.15. The van der Waals surface area contributed by atoms with Crippen molar-refractivity contribution in [3.05, 3.63) is 58.1 Å². The van der Waals surface area contributed by atoms with Crippen LogP contribution in [0.2, 0.25) is 0 Å². The lowest BCUT2D eigenvalue weighted by atomic mass is 10.1. The molecular weight excluding hydrogens is 382 g/mol. The Labute approximate surface area is 147 Å². The summed E-state index contributed by atoms with van der Waals surface area (Å²) in [7, 11) is 0. The molecule has 24 heavy (non-hydrogen) atoms. The Bertz CT molecular complexity index is 725. The number of hydrogen-bond donors (Lipinski definition) is 2. The van der Waals surface area contributed by atoms with Crippen molar-refractivity contribution < 1.29 is 18.3 Å². The Balaban J connectivity index is 2.00. The van der Waals surface area contributed by atoms with E-state index in [9.17, 15) is 13.6 Å². The highest BCUT2D eigenvalue weighted by molar-refractivity contribution is 9.10. The zero-order valence-corrected chi connectivity index (χ0v) is 14.7. The number of anilines is 1. The standard InChI is InChI=1S/C17H17BrF2N2O2/c1-10-8-13(18)6-7-15(10)22-17(23)21-11(2)12-4-3-5-14(9-12)24-16(19)20/h3-9,11,16H,1-2H3,(H2,21,22,23). The van der Waals surface area contributed by atoms with Crippen LogP contribution >= 0.6 is 15.9 Å². The van der Waals surface area contributed by atoms with Crippen LogP contribution in [-0.4, -0.2) is 12.6 Å². The van der Waals surface area contributed by atoms with Crippen LogP contribution in [0.5, 0.6) is 5.75 Å². The predicted molar refractivity (Wildman–Crippen MR) is 92.5 cm³/mol. The molecule has 2 aromatic rings. The second-order valence-corrected chi connectivity index (χ2v) is 6.15. The van der Waals surface area contributed by atoms with Crippen LogP contribution in [0.3, 0.4) is 0 Å². The van der Waals surface area contributed by atoms with Gasteiger partial charge in [-0.25, -0.2) is 4.79 Å². The molecule has 0 fully saturated rings. The van der Waals surface area contributed by atoms with Crippen molar-refractivity contribution in [1.82, 2.24) is 5.32 Å². The highest BCUT2D eigenvalue weighted by Crippen LogP contribution is 2.22. The minimum absolute atomic E-state index is 0.0558. The SMILES string of the molecule is Cc1cc(Br)ccc1NC(=O)NC(C)c1cccc(OC(F)F)c1.